The maximum atomic E-state index is 12.6. The molecule has 0 bridgehead atoms. The average molecular weight is 354 g/mol. The summed E-state index contributed by atoms with van der Waals surface area (Å²) in [6.07, 6.45) is 0. The van der Waals surface area contributed by atoms with Crippen molar-refractivity contribution in [2.24, 2.45) is 0 Å². The molecule has 1 aliphatic heterocycles. The quantitative estimate of drug-likeness (QED) is 0.782. The molecular weight excluding hydrogens is 332 g/mol. The number of nitrogens with one attached hydrogen (secondary N) is 1. The molecule has 0 unspecified atom stereocenters. The van der Waals surface area contributed by atoms with E-state index in [1.165, 1.54) is 14.2 Å². The van der Waals surface area contributed by atoms with Crippen molar-refractivity contribution in [3.63, 3.8) is 0 Å². The van der Waals surface area contributed by atoms with Gasteiger partial charge in [0, 0.05) is 23.3 Å². The highest BCUT2D eigenvalue weighted by molar-refractivity contribution is 7.85. The Morgan fingerprint density at radius 1 is 1.17 bits per heavy atom. The second-order valence-corrected chi connectivity index (χ2v) is 7.57. The number of nitrogens with zero attached hydrogens (tertiary/aromatic N) is 1. The van der Waals surface area contributed by atoms with Crippen molar-refractivity contribution in [2.45, 2.75) is 31.2 Å². The van der Waals surface area contributed by atoms with Gasteiger partial charge in [-0.05, 0) is 32.4 Å². The Labute approximate surface area is 143 Å². The van der Waals surface area contributed by atoms with Crippen LogP contribution in [0.5, 0.6) is 11.5 Å². The van der Waals surface area contributed by atoms with E-state index in [2.05, 4.69) is 5.32 Å². The number of carbonyl (C=O) groups excluding carboxylic acids is 2. The van der Waals surface area contributed by atoms with Gasteiger partial charge in [-0.25, -0.2) is 4.79 Å². The number of hydrogen-bond donors (Lipinski definition) is 1. The van der Waals surface area contributed by atoms with Crippen LogP contribution >= 0.6 is 0 Å². The SMILES string of the molecule is COc1cc(C)c([S@](=O)CCN2C(=O)NC(C)(C)C2=O)cc1OC. The zero-order valence-electron chi connectivity index (χ0n) is 14.5. The lowest BCUT2D eigenvalue weighted by atomic mass is 10.1. The third-order valence-corrected chi connectivity index (χ3v) is 5.35. The molecule has 0 aromatic heterocycles. The molecule has 8 heteroatoms. The molecule has 3 amide bonds. The number of urea groups is 1. The van der Waals surface area contributed by atoms with Gasteiger partial charge in [-0.15, -0.1) is 0 Å². The maximum absolute atomic E-state index is 12.6. The smallest absolute Gasteiger partial charge is 0.325 e. The molecule has 0 spiro atoms. The van der Waals surface area contributed by atoms with Gasteiger partial charge in [-0.3, -0.25) is 13.9 Å². The van der Waals surface area contributed by atoms with Gasteiger partial charge in [-0.1, -0.05) is 0 Å². The van der Waals surface area contributed by atoms with Gasteiger partial charge in [0.1, 0.15) is 5.54 Å². The fourth-order valence-electron chi connectivity index (χ4n) is 2.51. The number of hydrogen-bond acceptors (Lipinski definition) is 5. The van der Waals surface area contributed by atoms with E-state index in [-0.39, 0.29) is 18.2 Å². The summed E-state index contributed by atoms with van der Waals surface area (Å²) in [5.41, 5.74) is -0.124. The lowest BCUT2D eigenvalue weighted by Gasteiger charge is -2.16. The van der Waals surface area contributed by atoms with Gasteiger partial charge in [-0.2, -0.15) is 0 Å². The lowest BCUT2D eigenvalue weighted by molar-refractivity contribution is -0.130. The minimum Gasteiger partial charge on any atom is -0.493 e. The molecular formula is C16H22N2O5S. The molecule has 1 aliphatic rings. The van der Waals surface area contributed by atoms with E-state index in [0.717, 1.165) is 10.5 Å². The third kappa shape index (κ3) is 3.38. The number of benzene rings is 1. The van der Waals surface area contributed by atoms with Gasteiger partial charge in [0.05, 0.1) is 25.0 Å². The first-order valence-electron chi connectivity index (χ1n) is 7.46. The zero-order valence-corrected chi connectivity index (χ0v) is 15.3. The van der Waals surface area contributed by atoms with Crippen LogP contribution in [0.15, 0.2) is 17.0 Å². The van der Waals surface area contributed by atoms with Crippen LogP contribution in [0.2, 0.25) is 0 Å². The van der Waals surface area contributed by atoms with Crippen LogP contribution in [0.3, 0.4) is 0 Å². The van der Waals surface area contributed by atoms with E-state index >= 15 is 0 Å². The Kier molecular flexibility index (Phi) is 5.17. The second-order valence-electron chi connectivity index (χ2n) is 6.03. The van der Waals surface area contributed by atoms with Crippen LogP contribution in [-0.4, -0.2) is 53.1 Å². The van der Waals surface area contributed by atoms with Crippen molar-refractivity contribution in [3.05, 3.63) is 17.7 Å². The van der Waals surface area contributed by atoms with Crippen LogP contribution in [0.1, 0.15) is 19.4 Å². The minimum absolute atomic E-state index is 0.0918. The molecule has 0 radical (unpaired) electrons. The fourth-order valence-corrected chi connectivity index (χ4v) is 3.74. The van der Waals surface area contributed by atoms with E-state index in [9.17, 15) is 13.8 Å². The number of carbonyl (C=O) groups is 2. The summed E-state index contributed by atoms with van der Waals surface area (Å²) in [6, 6.07) is 2.97. The van der Waals surface area contributed by atoms with Crippen LogP contribution in [0, 0.1) is 6.92 Å². The van der Waals surface area contributed by atoms with Crippen molar-refractivity contribution >= 4 is 22.7 Å². The third-order valence-electron chi connectivity index (χ3n) is 3.87. The molecule has 132 valence electrons. The van der Waals surface area contributed by atoms with Gasteiger partial charge < -0.3 is 14.8 Å². The Hall–Kier alpha value is -2.09. The molecule has 1 aromatic rings. The van der Waals surface area contributed by atoms with Crippen molar-refractivity contribution < 1.29 is 23.3 Å². The normalized spacial score (nSPS) is 17.6. The summed E-state index contributed by atoms with van der Waals surface area (Å²) in [5, 5.41) is 2.60. The van der Waals surface area contributed by atoms with Crippen molar-refractivity contribution in [1.29, 1.82) is 0 Å². The first-order valence-corrected chi connectivity index (χ1v) is 8.78. The van der Waals surface area contributed by atoms with E-state index in [4.69, 9.17) is 9.47 Å². The standard InChI is InChI=1S/C16H22N2O5S/c1-10-8-11(22-4)12(23-5)9-13(10)24(21)7-6-18-14(19)16(2,3)17-15(18)20/h8-9H,6-7H2,1-5H3,(H,17,20)/t24-/m1/s1. The number of amides is 3. The molecule has 1 atom stereocenters. The van der Waals surface area contributed by atoms with E-state index < -0.39 is 22.4 Å². The number of methoxy groups -OCH3 is 2. The average Bonchev–Trinajstić information content (AvgIpc) is 2.72. The van der Waals surface area contributed by atoms with Crippen LogP contribution in [-0.2, 0) is 15.6 Å². The van der Waals surface area contributed by atoms with Gasteiger partial charge in [0.25, 0.3) is 5.91 Å². The predicted octanol–water partition coefficient (Wildman–Crippen LogP) is 1.45. The Morgan fingerprint density at radius 3 is 2.25 bits per heavy atom. The number of aryl methyl sites for hydroxylation is 1. The lowest BCUT2D eigenvalue weighted by Crippen LogP contribution is -2.40. The summed E-state index contributed by atoms with van der Waals surface area (Å²) >= 11 is 0. The van der Waals surface area contributed by atoms with Crippen molar-refractivity contribution in [1.82, 2.24) is 10.2 Å². The van der Waals surface area contributed by atoms with Gasteiger partial charge in [0.2, 0.25) is 0 Å². The molecule has 24 heavy (non-hydrogen) atoms. The zero-order chi connectivity index (χ0) is 18.1. The second kappa shape index (κ2) is 6.80. The van der Waals surface area contributed by atoms with Gasteiger partial charge in [0.15, 0.2) is 11.5 Å². The summed E-state index contributed by atoms with van der Waals surface area (Å²) in [5.74, 6) is 0.897. The topological polar surface area (TPSA) is 84.9 Å². The van der Waals surface area contributed by atoms with E-state index in [1.807, 2.05) is 6.92 Å². The van der Waals surface area contributed by atoms with Crippen molar-refractivity contribution in [2.75, 3.05) is 26.5 Å². The molecule has 1 saturated heterocycles. The largest absolute Gasteiger partial charge is 0.493 e. The highest BCUT2D eigenvalue weighted by Gasteiger charge is 2.44. The van der Waals surface area contributed by atoms with Crippen LogP contribution in [0.4, 0.5) is 4.79 Å². The molecule has 1 N–H and O–H groups in total. The van der Waals surface area contributed by atoms with Crippen LogP contribution in [0.25, 0.3) is 0 Å². The number of rotatable bonds is 6. The van der Waals surface area contributed by atoms with E-state index in [0.29, 0.717) is 16.4 Å². The fraction of sp³-hybridized carbons (Fsp3) is 0.500. The van der Waals surface area contributed by atoms with E-state index in [1.54, 1.807) is 26.0 Å². The monoisotopic (exact) mass is 354 g/mol. The first-order chi connectivity index (χ1) is 11.2. The summed E-state index contributed by atoms with van der Waals surface area (Å²) in [4.78, 5) is 25.7. The minimum atomic E-state index is -1.38. The highest BCUT2D eigenvalue weighted by atomic mass is 32.2. The first kappa shape index (κ1) is 18.3. The summed E-state index contributed by atoms with van der Waals surface area (Å²) < 4.78 is 23.1. The summed E-state index contributed by atoms with van der Waals surface area (Å²) in [6.45, 7) is 5.20. The summed E-state index contributed by atoms with van der Waals surface area (Å²) in [7, 11) is 1.67. The molecule has 0 aliphatic carbocycles. The Balaban J connectivity index is 2.14. The van der Waals surface area contributed by atoms with Crippen molar-refractivity contribution in [3.8, 4) is 11.5 Å². The molecule has 1 fully saturated rings. The molecule has 1 aromatic carbocycles. The highest BCUT2D eigenvalue weighted by Crippen LogP contribution is 2.31. The number of ether oxygens (including phenoxy) is 2. The van der Waals surface area contributed by atoms with Crippen LogP contribution < -0.4 is 14.8 Å². The molecule has 0 saturated carbocycles. The molecule has 2 rings (SSSR count). The predicted molar refractivity (Wildman–Crippen MR) is 89.9 cm³/mol. The van der Waals surface area contributed by atoms with Gasteiger partial charge >= 0.3 is 6.03 Å². The Morgan fingerprint density at radius 2 is 1.75 bits per heavy atom. The number of imide groups is 1. The maximum Gasteiger partial charge on any atom is 0.325 e. The Bertz CT molecular complexity index is 702. The molecule has 7 nitrogen and oxygen atoms in total. The molecule has 1 heterocycles.